The molecule has 0 spiro atoms. The molecule has 0 unspecified atom stereocenters. The quantitative estimate of drug-likeness (QED) is 0.768. The van der Waals surface area contributed by atoms with Crippen molar-refractivity contribution in [1.29, 1.82) is 0 Å². The van der Waals surface area contributed by atoms with Crippen LogP contribution in [0.2, 0.25) is 0 Å². The fourth-order valence-corrected chi connectivity index (χ4v) is 1.75. The predicted octanol–water partition coefficient (Wildman–Crippen LogP) is 0.832. The van der Waals surface area contributed by atoms with Crippen molar-refractivity contribution in [2.24, 2.45) is 15.7 Å². The molecule has 2 heterocycles. The Labute approximate surface area is 112 Å². The number of nitrogens with one attached hydrogen (secondary N) is 2. The Hall–Kier alpha value is -1.89. The highest BCUT2D eigenvalue weighted by Crippen LogP contribution is 2.10. The van der Waals surface area contributed by atoms with Gasteiger partial charge in [0, 0.05) is 17.2 Å². The SMILES string of the molecule is NC1=NCC(/C=C\CNC(=O)c2cc(Br)c[nH]2)=N1. The minimum Gasteiger partial charge on any atom is -0.368 e. The number of hydrogen-bond donors (Lipinski definition) is 3. The van der Waals surface area contributed by atoms with E-state index in [-0.39, 0.29) is 5.91 Å². The van der Waals surface area contributed by atoms with Gasteiger partial charge >= 0.3 is 0 Å². The molecule has 7 heteroatoms. The molecule has 0 saturated heterocycles. The van der Waals surface area contributed by atoms with Crippen LogP contribution in [0.15, 0.2) is 38.9 Å². The van der Waals surface area contributed by atoms with Crippen molar-refractivity contribution in [3.8, 4) is 0 Å². The van der Waals surface area contributed by atoms with Gasteiger partial charge in [-0.15, -0.1) is 0 Å². The standard InChI is InChI=1S/C11H12BrN5O/c12-7-4-9(15-5-7)10(18)14-3-1-2-8-6-16-11(13)17-8/h1-2,4-5,15H,3,6H2,(H2,13,16)(H,14,18)/b2-1-. The molecular formula is C11H12BrN5O. The number of aliphatic imine (C=N–C) groups is 2. The number of H-pyrrole nitrogens is 1. The lowest BCUT2D eigenvalue weighted by molar-refractivity contribution is 0.0953. The lowest BCUT2D eigenvalue weighted by Gasteiger charge is -1.98. The van der Waals surface area contributed by atoms with Crippen molar-refractivity contribution >= 4 is 33.5 Å². The maximum Gasteiger partial charge on any atom is 0.267 e. The molecule has 0 fully saturated rings. The van der Waals surface area contributed by atoms with E-state index in [1.807, 2.05) is 6.08 Å². The Kier molecular flexibility index (Phi) is 3.93. The minimum absolute atomic E-state index is 0.158. The van der Waals surface area contributed by atoms with Crippen LogP contribution in [0.5, 0.6) is 0 Å². The topological polar surface area (TPSA) is 95.6 Å². The van der Waals surface area contributed by atoms with E-state index in [4.69, 9.17) is 5.73 Å². The first-order valence-corrected chi connectivity index (χ1v) is 6.10. The second-order valence-corrected chi connectivity index (χ2v) is 4.54. The molecule has 2 rings (SSSR count). The van der Waals surface area contributed by atoms with E-state index in [1.54, 1.807) is 18.3 Å². The number of carbonyl (C=O) groups excluding carboxylic acids is 1. The summed E-state index contributed by atoms with van der Waals surface area (Å²) in [6.45, 7) is 0.925. The van der Waals surface area contributed by atoms with Gasteiger partial charge in [-0.3, -0.25) is 4.79 Å². The zero-order chi connectivity index (χ0) is 13.0. The number of guanidine groups is 1. The maximum atomic E-state index is 11.6. The normalized spacial score (nSPS) is 14.7. The molecule has 0 bridgehead atoms. The number of halogens is 1. The van der Waals surface area contributed by atoms with Crippen molar-refractivity contribution < 1.29 is 4.79 Å². The highest BCUT2D eigenvalue weighted by Gasteiger charge is 2.06. The molecule has 0 aromatic carbocycles. The summed E-state index contributed by atoms with van der Waals surface area (Å²) < 4.78 is 0.844. The first kappa shape index (κ1) is 12.6. The summed E-state index contributed by atoms with van der Waals surface area (Å²) in [5, 5.41) is 2.75. The van der Waals surface area contributed by atoms with E-state index in [0.29, 0.717) is 24.7 Å². The van der Waals surface area contributed by atoms with Crippen LogP contribution in [0.4, 0.5) is 0 Å². The molecule has 94 valence electrons. The fraction of sp³-hybridized carbons (Fsp3) is 0.182. The van der Waals surface area contributed by atoms with Crippen LogP contribution in [0.3, 0.4) is 0 Å². The summed E-state index contributed by atoms with van der Waals surface area (Å²) in [6.07, 6.45) is 5.31. The number of nitrogens with two attached hydrogens (primary N) is 1. The number of carbonyl (C=O) groups is 1. The van der Waals surface area contributed by atoms with Gasteiger partial charge in [-0.2, -0.15) is 0 Å². The van der Waals surface area contributed by atoms with Crippen molar-refractivity contribution in [2.75, 3.05) is 13.1 Å². The third kappa shape index (κ3) is 3.30. The fourth-order valence-electron chi connectivity index (χ4n) is 1.41. The molecular weight excluding hydrogens is 298 g/mol. The van der Waals surface area contributed by atoms with Crippen LogP contribution in [0, 0.1) is 0 Å². The highest BCUT2D eigenvalue weighted by molar-refractivity contribution is 9.10. The average molecular weight is 310 g/mol. The first-order valence-electron chi connectivity index (χ1n) is 5.31. The largest absolute Gasteiger partial charge is 0.368 e. The van der Waals surface area contributed by atoms with E-state index in [1.165, 1.54) is 0 Å². The summed E-state index contributed by atoms with van der Waals surface area (Å²) in [5.74, 6) is 0.143. The van der Waals surface area contributed by atoms with Gasteiger partial charge in [0.1, 0.15) is 5.69 Å². The molecule has 4 N–H and O–H groups in total. The number of aromatic amines is 1. The van der Waals surface area contributed by atoms with Crippen molar-refractivity contribution in [1.82, 2.24) is 10.3 Å². The lowest BCUT2D eigenvalue weighted by Crippen LogP contribution is -2.23. The van der Waals surface area contributed by atoms with E-state index < -0.39 is 0 Å². The Morgan fingerprint density at radius 2 is 2.50 bits per heavy atom. The van der Waals surface area contributed by atoms with E-state index in [2.05, 4.69) is 36.2 Å². The average Bonchev–Trinajstić information content (AvgIpc) is 2.93. The molecule has 0 aliphatic carbocycles. The van der Waals surface area contributed by atoms with E-state index >= 15 is 0 Å². The van der Waals surface area contributed by atoms with Crippen LogP contribution in [0.1, 0.15) is 10.5 Å². The van der Waals surface area contributed by atoms with Crippen LogP contribution < -0.4 is 11.1 Å². The molecule has 0 saturated carbocycles. The minimum atomic E-state index is -0.158. The molecule has 1 aromatic heterocycles. The Balaban J connectivity index is 1.77. The summed E-state index contributed by atoms with van der Waals surface area (Å²) in [7, 11) is 0. The van der Waals surface area contributed by atoms with Crippen LogP contribution in [-0.4, -0.2) is 35.7 Å². The Morgan fingerprint density at radius 3 is 3.11 bits per heavy atom. The van der Waals surface area contributed by atoms with Gasteiger partial charge in [0.15, 0.2) is 0 Å². The highest BCUT2D eigenvalue weighted by atomic mass is 79.9. The van der Waals surface area contributed by atoms with Crippen molar-refractivity contribution in [3.63, 3.8) is 0 Å². The van der Waals surface area contributed by atoms with Crippen LogP contribution in [0.25, 0.3) is 0 Å². The first-order chi connectivity index (χ1) is 8.65. The summed E-state index contributed by atoms with van der Waals surface area (Å²) >= 11 is 3.27. The van der Waals surface area contributed by atoms with Gasteiger partial charge in [0.2, 0.25) is 5.96 Å². The number of amides is 1. The molecule has 1 aliphatic rings. The molecule has 1 aromatic rings. The molecule has 0 radical (unpaired) electrons. The number of hydrogen-bond acceptors (Lipinski definition) is 4. The van der Waals surface area contributed by atoms with Crippen LogP contribution >= 0.6 is 15.9 Å². The van der Waals surface area contributed by atoms with Gasteiger partial charge in [-0.1, -0.05) is 6.08 Å². The molecule has 1 amide bonds. The monoisotopic (exact) mass is 309 g/mol. The predicted molar refractivity (Wildman–Crippen MR) is 73.9 cm³/mol. The summed E-state index contributed by atoms with van der Waals surface area (Å²) in [4.78, 5) is 22.4. The van der Waals surface area contributed by atoms with E-state index in [9.17, 15) is 4.79 Å². The number of aromatic nitrogens is 1. The Bertz CT molecular complexity index is 543. The third-order valence-electron chi connectivity index (χ3n) is 2.24. The van der Waals surface area contributed by atoms with Crippen molar-refractivity contribution in [2.45, 2.75) is 0 Å². The second kappa shape index (κ2) is 5.63. The van der Waals surface area contributed by atoms with Gasteiger partial charge in [0.05, 0.1) is 12.3 Å². The van der Waals surface area contributed by atoms with Crippen molar-refractivity contribution in [3.05, 3.63) is 34.6 Å². The number of nitrogens with zero attached hydrogens (tertiary/aromatic N) is 2. The van der Waals surface area contributed by atoms with Gasteiger partial charge in [-0.25, -0.2) is 9.98 Å². The molecule has 1 aliphatic heterocycles. The van der Waals surface area contributed by atoms with Gasteiger partial charge in [-0.05, 0) is 28.1 Å². The van der Waals surface area contributed by atoms with Gasteiger partial charge < -0.3 is 16.0 Å². The van der Waals surface area contributed by atoms with Gasteiger partial charge in [0.25, 0.3) is 5.91 Å². The third-order valence-corrected chi connectivity index (χ3v) is 2.70. The zero-order valence-corrected chi connectivity index (χ0v) is 11.1. The zero-order valence-electron chi connectivity index (χ0n) is 9.48. The maximum absolute atomic E-state index is 11.6. The summed E-state index contributed by atoms with van der Waals surface area (Å²) in [5.41, 5.74) is 6.72. The molecule has 6 nitrogen and oxygen atoms in total. The van der Waals surface area contributed by atoms with E-state index in [0.717, 1.165) is 10.2 Å². The molecule has 0 atom stereocenters. The Morgan fingerprint density at radius 1 is 1.67 bits per heavy atom. The summed E-state index contributed by atoms with van der Waals surface area (Å²) in [6, 6.07) is 1.72. The second-order valence-electron chi connectivity index (χ2n) is 3.62. The number of rotatable bonds is 4. The molecule has 18 heavy (non-hydrogen) atoms. The van der Waals surface area contributed by atoms with Crippen LogP contribution in [-0.2, 0) is 0 Å². The lowest BCUT2D eigenvalue weighted by atomic mass is 10.3. The smallest absolute Gasteiger partial charge is 0.267 e.